The first kappa shape index (κ1) is 11.1. The molecule has 0 aromatic carbocycles. The van der Waals surface area contributed by atoms with E-state index in [0.29, 0.717) is 19.8 Å². The molecule has 2 rings (SSSR count). The molecule has 88 valence electrons. The zero-order valence-corrected chi connectivity index (χ0v) is 9.27. The molecule has 16 heavy (non-hydrogen) atoms. The van der Waals surface area contributed by atoms with Gasteiger partial charge in [-0.15, -0.1) is 0 Å². The fraction of sp³-hybridized carbons (Fsp3) is 0.600. The summed E-state index contributed by atoms with van der Waals surface area (Å²) in [6.45, 7) is 2.42. The number of H-pyrrole nitrogens is 1. The van der Waals surface area contributed by atoms with Gasteiger partial charge in [-0.3, -0.25) is 9.89 Å². The molecule has 1 fully saturated rings. The lowest BCUT2D eigenvalue weighted by molar-refractivity contribution is -0.135. The zero-order valence-electron chi connectivity index (χ0n) is 9.27. The Labute approximate surface area is 94.0 Å². The molecule has 1 aromatic heterocycles. The van der Waals surface area contributed by atoms with Crippen molar-refractivity contribution in [3.8, 4) is 0 Å². The van der Waals surface area contributed by atoms with Gasteiger partial charge in [0, 0.05) is 31.9 Å². The van der Waals surface area contributed by atoms with Crippen LogP contribution >= 0.6 is 0 Å². The summed E-state index contributed by atoms with van der Waals surface area (Å²) in [5, 5.41) is 9.71. The normalized spacial score (nSPS) is 20.7. The number of amides is 1. The van der Waals surface area contributed by atoms with Crippen LogP contribution in [0.2, 0.25) is 0 Å². The van der Waals surface area contributed by atoms with Crippen LogP contribution in [0.1, 0.15) is 5.56 Å². The van der Waals surface area contributed by atoms with Crippen molar-refractivity contribution in [3.05, 3.63) is 18.0 Å². The van der Waals surface area contributed by atoms with Crippen LogP contribution in [0.5, 0.6) is 0 Å². The maximum atomic E-state index is 12.0. The first-order valence-corrected chi connectivity index (χ1v) is 5.31. The highest BCUT2D eigenvalue weighted by molar-refractivity contribution is 5.81. The summed E-state index contributed by atoms with van der Waals surface area (Å²) in [5.41, 5.74) is 0.993. The topological polar surface area (TPSA) is 70.2 Å². The number of carbonyl (C=O) groups excluding carboxylic acids is 1. The third-order valence-corrected chi connectivity index (χ3v) is 2.57. The van der Waals surface area contributed by atoms with E-state index >= 15 is 0 Å². The van der Waals surface area contributed by atoms with Crippen molar-refractivity contribution in [2.45, 2.75) is 12.6 Å². The van der Waals surface area contributed by atoms with Gasteiger partial charge in [-0.1, -0.05) is 0 Å². The number of aromatic amines is 1. The number of hydrogen-bond acceptors (Lipinski definition) is 4. The molecule has 2 heterocycles. The Morgan fingerprint density at radius 3 is 3.25 bits per heavy atom. The second kappa shape index (κ2) is 5.09. The Kier molecular flexibility index (Phi) is 3.53. The largest absolute Gasteiger partial charge is 0.378 e. The van der Waals surface area contributed by atoms with Crippen molar-refractivity contribution in [2.75, 3.05) is 26.8 Å². The van der Waals surface area contributed by atoms with E-state index < -0.39 is 0 Å². The number of nitrogens with one attached hydrogen (secondary N) is 2. The quantitative estimate of drug-likeness (QED) is 0.716. The van der Waals surface area contributed by atoms with Gasteiger partial charge in [0.25, 0.3) is 0 Å². The summed E-state index contributed by atoms with van der Waals surface area (Å²) in [6, 6.07) is -0.217. The monoisotopic (exact) mass is 224 g/mol. The second-order valence-corrected chi connectivity index (χ2v) is 3.88. The van der Waals surface area contributed by atoms with Crippen molar-refractivity contribution < 1.29 is 9.53 Å². The summed E-state index contributed by atoms with van der Waals surface area (Å²) >= 11 is 0. The van der Waals surface area contributed by atoms with Crippen molar-refractivity contribution in [1.29, 1.82) is 0 Å². The first-order valence-electron chi connectivity index (χ1n) is 5.31. The third kappa shape index (κ3) is 2.59. The van der Waals surface area contributed by atoms with E-state index in [9.17, 15) is 4.79 Å². The smallest absolute Gasteiger partial charge is 0.242 e. The summed E-state index contributed by atoms with van der Waals surface area (Å²) in [4.78, 5) is 13.7. The van der Waals surface area contributed by atoms with Gasteiger partial charge in [0.05, 0.1) is 19.4 Å². The molecule has 1 atom stereocenters. The Bertz CT molecular complexity index is 333. The third-order valence-electron chi connectivity index (χ3n) is 2.57. The zero-order chi connectivity index (χ0) is 11.4. The standard InChI is InChI=1S/C10H16N4O2/c1-14(6-8-4-12-13-5-8)10(15)9-7-16-3-2-11-9/h4-5,9,11H,2-3,6-7H2,1H3,(H,12,13). The Morgan fingerprint density at radius 2 is 2.62 bits per heavy atom. The molecular weight excluding hydrogens is 208 g/mol. The van der Waals surface area contributed by atoms with Crippen LogP contribution in [0, 0.1) is 0 Å². The van der Waals surface area contributed by atoms with Gasteiger partial charge in [0.15, 0.2) is 0 Å². The highest BCUT2D eigenvalue weighted by Gasteiger charge is 2.24. The maximum Gasteiger partial charge on any atom is 0.242 e. The predicted octanol–water partition coefficient (Wildman–Crippen LogP) is -0.643. The molecule has 0 radical (unpaired) electrons. The first-order chi connectivity index (χ1) is 7.77. The lowest BCUT2D eigenvalue weighted by Gasteiger charge is -2.27. The molecule has 0 spiro atoms. The molecule has 6 nitrogen and oxygen atoms in total. The van der Waals surface area contributed by atoms with Crippen LogP contribution in [0.15, 0.2) is 12.4 Å². The molecule has 1 aliphatic rings. The Hall–Kier alpha value is -1.40. The molecule has 0 bridgehead atoms. The number of nitrogens with zero attached hydrogens (tertiary/aromatic N) is 2. The number of ether oxygens (including phenoxy) is 1. The average Bonchev–Trinajstić information content (AvgIpc) is 2.82. The highest BCUT2D eigenvalue weighted by atomic mass is 16.5. The molecular formula is C10H16N4O2. The number of morpholine rings is 1. The molecule has 6 heteroatoms. The van der Waals surface area contributed by atoms with Crippen LogP contribution in [0.3, 0.4) is 0 Å². The Balaban J connectivity index is 1.88. The molecule has 1 aliphatic heterocycles. The molecule has 1 unspecified atom stereocenters. The summed E-state index contributed by atoms with van der Waals surface area (Å²) < 4.78 is 5.26. The van der Waals surface area contributed by atoms with Crippen LogP contribution in [0.4, 0.5) is 0 Å². The van der Waals surface area contributed by atoms with E-state index in [-0.39, 0.29) is 11.9 Å². The minimum absolute atomic E-state index is 0.0564. The van der Waals surface area contributed by atoms with Crippen molar-refractivity contribution in [2.24, 2.45) is 0 Å². The van der Waals surface area contributed by atoms with E-state index in [4.69, 9.17) is 4.74 Å². The average molecular weight is 224 g/mol. The van der Waals surface area contributed by atoms with Gasteiger partial charge >= 0.3 is 0 Å². The van der Waals surface area contributed by atoms with Crippen molar-refractivity contribution in [3.63, 3.8) is 0 Å². The van der Waals surface area contributed by atoms with E-state index in [2.05, 4.69) is 15.5 Å². The van der Waals surface area contributed by atoms with E-state index in [1.165, 1.54) is 0 Å². The molecule has 1 aromatic rings. The maximum absolute atomic E-state index is 12.0. The summed E-state index contributed by atoms with van der Waals surface area (Å²) in [5.74, 6) is 0.0564. The number of aromatic nitrogens is 2. The van der Waals surface area contributed by atoms with Gasteiger partial charge in [0.1, 0.15) is 6.04 Å². The number of carbonyl (C=O) groups is 1. The van der Waals surface area contributed by atoms with Crippen molar-refractivity contribution in [1.82, 2.24) is 20.4 Å². The van der Waals surface area contributed by atoms with E-state index in [1.54, 1.807) is 24.3 Å². The fourth-order valence-electron chi connectivity index (χ4n) is 1.71. The number of rotatable bonds is 3. The predicted molar refractivity (Wildman–Crippen MR) is 57.7 cm³/mol. The molecule has 2 N–H and O–H groups in total. The molecule has 1 amide bonds. The minimum Gasteiger partial charge on any atom is -0.378 e. The summed E-state index contributed by atoms with van der Waals surface area (Å²) in [7, 11) is 1.78. The minimum atomic E-state index is -0.217. The lowest BCUT2D eigenvalue weighted by Crippen LogP contribution is -2.51. The second-order valence-electron chi connectivity index (χ2n) is 3.88. The number of likely N-dealkylation sites (N-methyl/N-ethyl adjacent to an activating group) is 1. The fourth-order valence-corrected chi connectivity index (χ4v) is 1.71. The molecule has 1 saturated heterocycles. The van der Waals surface area contributed by atoms with Crippen LogP contribution in [-0.4, -0.2) is 53.9 Å². The van der Waals surface area contributed by atoms with Gasteiger partial charge in [0.2, 0.25) is 5.91 Å². The van der Waals surface area contributed by atoms with Crippen LogP contribution in [0.25, 0.3) is 0 Å². The van der Waals surface area contributed by atoms with Crippen LogP contribution < -0.4 is 5.32 Å². The highest BCUT2D eigenvalue weighted by Crippen LogP contribution is 2.03. The summed E-state index contributed by atoms with van der Waals surface area (Å²) in [6.07, 6.45) is 3.50. The SMILES string of the molecule is CN(Cc1cn[nH]c1)C(=O)C1COCCN1. The van der Waals surface area contributed by atoms with Gasteiger partial charge in [-0.2, -0.15) is 5.10 Å². The van der Waals surface area contributed by atoms with E-state index in [1.807, 2.05) is 0 Å². The number of hydrogen-bond donors (Lipinski definition) is 2. The molecule has 0 saturated carbocycles. The van der Waals surface area contributed by atoms with Gasteiger partial charge in [-0.05, 0) is 0 Å². The molecule has 0 aliphatic carbocycles. The van der Waals surface area contributed by atoms with Crippen molar-refractivity contribution >= 4 is 5.91 Å². The lowest BCUT2D eigenvalue weighted by atomic mass is 10.2. The van der Waals surface area contributed by atoms with Gasteiger partial charge in [-0.25, -0.2) is 0 Å². The van der Waals surface area contributed by atoms with Gasteiger partial charge < -0.3 is 15.0 Å². The van der Waals surface area contributed by atoms with Crippen LogP contribution in [-0.2, 0) is 16.1 Å². The Morgan fingerprint density at radius 1 is 1.75 bits per heavy atom. The van der Waals surface area contributed by atoms with E-state index in [0.717, 1.165) is 12.1 Å².